The largest absolute Gasteiger partial charge is 0.204 e. The third-order valence-electron chi connectivity index (χ3n) is 2.11. The molecule has 0 aliphatic carbocycles. The van der Waals surface area contributed by atoms with Gasteiger partial charge in [-0.2, -0.15) is 10.5 Å². The second-order valence-electron chi connectivity index (χ2n) is 4.97. The molecule has 0 fully saturated rings. The van der Waals surface area contributed by atoms with Crippen LogP contribution in [0.3, 0.4) is 0 Å². The molecule has 0 saturated carbocycles. The van der Waals surface area contributed by atoms with Crippen molar-refractivity contribution in [3.8, 4) is 12.1 Å². The summed E-state index contributed by atoms with van der Waals surface area (Å²) in [6.07, 6.45) is 0.705. The Morgan fingerprint density at radius 2 is 1.56 bits per heavy atom. The van der Waals surface area contributed by atoms with Crippen LogP contribution in [-0.4, -0.2) is 0 Å². The molecule has 0 atom stereocenters. The molecule has 1 rings (SSSR count). The van der Waals surface area contributed by atoms with Crippen molar-refractivity contribution in [2.75, 3.05) is 0 Å². The maximum atomic E-state index is 13.4. The van der Waals surface area contributed by atoms with E-state index >= 15 is 0 Å². The molecule has 0 aromatic heterocycles. The van der Waals surface area contributed by atoms with Crippen molar-refractivity contribution in [1.82, 2.24) is 0 Å². The topological polar surface area (TPSA) is 47.6 Å². The lowest BCUT2D eigenvalue weighted by molar-refractivity contribution is 0.411. The van der Waals surface area contributed by atoms with Crippen molar-refractivity contribution >= 4 is 0 Å². The van der Waals surface area contributed by atoms with E-state index in [0.717, 1.165) is 5.56 Å². The van der Waals surface area contributed by atoms with Crippen LogP contribution < -0.4 is 0 Å². The third-order valence-corrected chi connectivity index (χ3v) is 2.11. The zero-order valence-electron chi connectivity index (χ0n) is 9.63. The van der Waals surface area contributed by atoms with Crippen LogP contribution >= 0.6 is 0 Å². The zero-order chi connectivity index (χ0) is 12.3. The first-order valence-corrected chi connectivity index (χ1v) is 5.00. The Morgan fingerprint density at radius 3 is 1.88 bits per heavy atom. The Kier molecular flexibility index (Phi) is 3.30. The summed E-state index contributed by atoms with van der Waals surface area (Å²) in [6, 6.07) is 6.57. The molecular formula is C13H13FN2. The van der Waals surface area contributed by atoms with Crippen molar-refractivity contribution in [1.29, 1.82) is 10.5 Å². The van der Waals surface area contributed by atoms with E-state index in [1.807, 2.05) is 0 Å². The predicted molar refractivity (Wildman–Crippen MR) is 59.0 cm³/mol. The SMILES string of the molecule is CC(C)(C)Cc1cc(C#N)c(F)c(C#N)c1. The van der Waals surface area contributed by atoms with Crippen LogP contribution in [0.1, 0.15) is 37.5 Å². The van der Waals surface area contributed by atoms with Gasteiger partial charge in [0.2, 0.25) is 0 Å². The van der Waals surface area contributed by atoms with E-state index in [2.05, 4.69) is 20.8 Å². The highest BCUT2D eigenvalue weighted by molar-refractivity contribution is 5.44. The molecule has 2 nitrogen and oxygen atoms in total. The predicted octanol–water partition coefficient (Wildman–Crippen LogP) is 3.16. The lowest BCUT2D eigenvalue weighted by atomic mass is 9.87. The Hall–Kier alpha value is -1.87. The molecule has 82 valence electrons. The molecular weight excluding hydrogens is 203 g/mol. The lowest BCUT2D eigenvalue weighted by Crippen LogP contribution is -2.10. The molecule has 1 aromatic carbocycles. The van der Waals surface area contributed by atoms with Crippen LogP contribution in [0.5, 0.6) is 0 Å². The van der Waals surface area contributed by atoms with Gasteiger partial charge in [-0.25, -0.2) is 4.39 Å². The van der Waals surface area contributed by atoms with E-state index in [4.69, 9.17) is 10.5 Å². The molecule has 0 unspecified atom stereocenters. The van der Waals surface area contributed by atoms with Gasteiger partial charge in [0.25, 0.3) is 0 Å². The first-order chi connectivity index (χ1) is 7.37. The first kappa shape index (κ1) is 12.2. The smallest absolute Gasteiger partial charge is 0.158 e. The minimum atomic E-state index is -0.720. The molecule has 0 amide bonds. The van der Waals surface area contributed by atoms with E-state index in [0.29, 0.717) is 6.42 Å². The molecule has 3 heteroatoms. The van der Waals surface area contributed by atoms with Crippen LogP contribution in [0.2, 0.25) is 0 Å². The van der Waals surface area contributed by atoms with Gasteiger partial charge in [0.05, 0.1) is 11.1 Å². The highest BCUT2D eigenvalue weighted by Gasteiger charge is 2.15. The van der Waals surface area contributed by atoms with Crippen molar-refractivity contribution in [2.24, 2.45) is 5.41 Å². The second-order valence-corrected chi connectivity index (χ2v) is 4.97. The standard InChI is InChI=1S/C13H13FN2/c1-13(2,3)6-9-4-10(7-15)12(14)11(5-9)8-16/h4-5H,6H2,1-3H3. The van der Waals surface area contributed by atoms with E-state index in [1.165, 1.54) is 12.1 Å². The summed E-state index contributed by atoms with van der Waals surface area (Å²) < 4.78 is 13.4. The maximum absolute atomic E-state index is 13.4. The molecule has 1 aromatic rings. The molecule has 0 bridgehead atoms. The maximum Gasteiger partial charge on any atom is 0.158 e. The summed E-state index contributed by atoms with van der Waals surface area (Å²) in [5.74, 6) is -0.720. The lowest BCUT2D eigenvalue weighted by Gasteiger charge is -2.18. The minimum Gasteiger partial charge on any atom is -0.204 e. The highest BCUT2D eigenvalue weighted by atomic mass is 19.1. The first-order valence-electron chi connectivity index (χ1n) is 5.00. The average molecular weight is 216 g/mol. The van der Waals surface area contributed by atoms with Crippen molar-refractivity contribution in [2.45, 2.75) is 27.2 Å². The number of hydrogen-bond donors (Lipinski definition) is 0. The number of nitriles is 2. The summed E-state index contributed by atoms with van der Waals surface area (Å²) >= 11 is 0. The number of nitrogens with zero attached hydrogens (tertiary/aromatic N) is 2. The summed E-state index contributed by atoms with van der Waals surface area (Å²) in [7, 11) is 0. The number of rotatable bonds is 1. The summed E-state index contributed by atoms with van der Waals surface area (Å²) in [5, 5.41) is 17.5. The number of hydrogen-bond acceptors (Lipinski definition) is 2. The molecule has 0 saturated heterocycles. The Labute approximate surface area is 94.9 Å². The van der Waals surface area contributed by atoms with Gasteiger partial charge < -0.3 is 0 Å². The molecule has 0 heterocycles. The molecule has 0 N–H and O–H groups in total. The zero-order valence-corrected chi connectivity index (χ0v) is 9.63. The van der Waals surface area contributed by atoms with E-state index in [1.54, 1.807) is 12.1 Å². The van der Waals surface area contributed by atoms with Gasteiger partial charge in [-0.05, 0) is 29.5 Å². The van der Waals surface area contributed by atoms with Crippen LogP contribution in [0, 0.1) is 33.9 Å². The Balaban J connectivity index is 3.25. The number of benzene rings is 1. The van der Waals surface area contributed by atoms with Crippen molar-refractivity contribution < 1.29 is 4.39 Å². The van der Waals surface area contributed by atoms with E-state index in [9.17, 15) is 4.39 Å². The molecule has 0 aliphatic rings. The van der Waals surface area contributed by atoms with Gasteiger partial charge in [-0.3, -0.25) is 0 Å². The van der Waals surface area contributed by atoms with Gasteiger partial charge in [-0.1, -0.05) is 20.8 Å². The van der Waals surface area contributed by atoms with E-state index in [-0.39, 0.29) is 16.5 Å². The molecule has 0 radical (unpaired) electrons. The Morgan fingerprint density at radius 1 is 1.12 bits per heavy atom. The van der Waals surface area contributed by atoms with Crippen LogP contribution in [0.25, 0.3) is 0 Å². The average Bonchev–Trinajstić information content (AvgIpc) is 2.18. The monoisotopic (exact) mass is 216 g/mol. The normalized spacial score (nSPS) is 10.6. The Bertz CT molecular complexity index is 449. The molecule has 0 spiro atoms. The van der Waals surface area contributed by atoms with Crippen LogP contribution in [-0.2, 0) is 6.42 Å². The van der Waals surface area contributed by atoms with Crippen molar-refractivity contribution in [3.63, 3.8) is 0 Å². The second kappa shape index (κ2) is 4.33. The third kappa shape index (κ3) is 2.81. The van der Waals surface area contributed by atoms with Gasteiger partial charge in [0.1, 0.15) is 12.1 Å². The van der Waals surface area contributed by atoms with Crippen molar-refractivity contribution in [3.05, 3.63) is 34.6 Å². The van der Waals surface area contributed by atoms with Gasteiger partial charge in [0, 0.05) is 0 Å². The van der Waals surface area contributed by atoms with Gasteiger partial charge in [-0.15, -0.1) is 0 Å². The fraction of sp³-hybridized carbons (Fsp3) is 0.385. The fourth-order valence-corrected chi connectivity index (χ4v) is 1.56. The highest BCUT2D eigenvalue weighted by Crippen LogP contribution is 2.23. The quantitative estimate of drug-likeness (QED) is 0.723. The summed E-state index contributed by atoms with van der Waals surface area (Å²) in [5.41, 5.74) is 0.746. The van der Waals surface area contributed by atoms with Crippen LogP contribution in [0.15, 0.2) is 12.1 Å². The summed E-state index contributed by atoms with van der Waals surface area (Å²) in [6.45, 7) is 6.15. The summed E-state index contributed by atoms with van der Waals surface area (Å²) in [4.78, 5) is 0. The van der Waals surface area contributed by atoms with E-state index < -0.39 is 5.82 Å². The van der Waals surface area contributed by atoms with Gasteiger partial charge >= 0.3 is 0 Å². The fourth-order valence-electron chi connectivity index (χ4n) is 1.56. The minimum absolute atomic E-state index is 0.0390. The van der Waals surface area contributed by atoms with Crippen LogP contribution in [0.4, 0.5) is 4.39 Å². The van der Waals surface area contributed by atoms with Gasteiger partial charge in [0.15, 0.2) is 5.82 Å². The number of halogens is 1. The molecule has 0 aliphatic heterocycles. The molecule has 16 heavy (non-hydrogen) atoms.